The lowest BCUT2D eigenvalue weighted by molar-refractivity contribution is -0.113. The molecule has 1 aliphatic heterocycles. The van der Waals surface area contributed by atoms with Crippen molar-refractivity contribution < 1.29 is 18.3 Å². The fourth-order valence-corrected chi connectivity index (χ4v) is 6.92. The Morgan fingerprint density at radius 3 is 2.70 bits per heavy atom. The van der Waals surface area contributed by atoms with E-state index < -0.39 is 15.9 Å². The van der Waals surface area contributed by atoms with Crippen molar-refractivity contribution in [3.8, 4) is 9.75 Å². The van der Waals surface area contributed by atoms with Crippen molar-refractivity contribution in [1.82, 2.24) is 9.29 Å². The van der Waals surface area contributed by atoms with E-state index in [1.54, 1.807) is 6.20 Å². The van der Waals surface area contributed by atoms with Crippen LogP contribution >= 0.6 is 34.0 Å². The predicted octanol–water partition coefficient (Wildman–Crippen LogP) is 3.74. The van der Waals surface area contributed by atoms with Crippen LogP contribution in [0.2, 0.25) is 0 Å². The number of fused-ring (bicyclic) bond motifs is 1. The highest BCUT2D eigenvalue weighted by Crippen LogP contribution is 2.44. The van der Waals surface area contributed by atoms with Gasteiger partial charge in [-0.15, -0.1) is 34.0 Å². The molecular weight excluding hydrogens is 426 g/mol. The zero-order valence-corrected chi connectivity index (χ0v) is 17.4. The first-order valence-corrected chi connectivity index (χ1v) is 11.6. The maximum Gasteiger partial charge on any atom is 0.278 e. The van der Waals surface area contributed by atoms with Gasteiger partial charge in [-0.1, -0.05) is 6.07 Å². The number of anilines is 1. The van der Waals surface area contributed by atoms with E-state index >= 15 is 0 Å². The number of hydrogen-bond donors (Lipinski definition) is 2. The van der Waals surface area contributed by atoms with Crippen molar-refractivity contribution in [2.75, 3.05) is 12.4 Å². The van der Waals surface area contributed by atoms with Crippen LogP contribution in [0.5, 0.6) is 0 Å². The number of aliphatic hydroxyl groups is 1. The average molecular weight is 440 g/mol. The van der Waals surface area contributed by atoms with Crippen molar-refractivity contribution in [2.45, 2.75) is 11.8 Å². The summed E-state index contributed by atoms with van der Waals surface area (Å²) < 4.78 is 26.6. The first-order chi connectivity index (χ1) is 12.8. The van der Waals surface area contributed by atoms with Crippen molar-refractivity contribution in [3.05, 3.63) is 45.2 Å². The third-order valence-electron chi connectivity index (χ3n) is 3.91. The summed E-state index contributed by atoms with van der Waals surface area (Å²) in [7, 11) is -2.70. The quantitative estimate of drug-likeness (QED) is 0.648. The Labute approximate surface area is 167 Å². The number of nitrogens with one attached hydrogen (secondary N) is 1. The van der Waals surface area contributed by atoms with Gasteiger partial charge in [-0.3, -0.25) is 14.4 Å². The lowest BCUT2D eigenvalue weighted by atomic mass is 10.2. The molecule has 1 amide bonds. The monoisotopic (exact) mass is 439 g/mol. The van der Waals surface area contributed by atoms with Gasteiger partial charge in [0, 0.05) is 27.9 Å². The first-order valence-electron chi connectivity index (χ1n) is 7.63. The molecule has 7 nitrogen and oxygen atoms in total. The van der Waals surface area contributed by atoms with E-state index in [0.29, 0.717) is 5.13 Å². The lowest BCUT2D eigenvalue weighted by Gasteiger charge is -2.26. The Bertz CT molecular complexity index is 1170. The largest absolute Gasteiger partial charge is 0.504 e. The van der Waals surface area contributed by atoms with Gasteiger partial charge in [0.15, 0.2) is 16.6 Å². The fourth-order valence-electron chi connectivity index (χ4n) is 2.61. The Hall–Kier alpha value is -2.21. The zero-order valence-electron chi connectivity index (χ0n) is 14.1. The number of aryl methyl sites for hydroxylation is 1. The van der Waals surface area contributed by atoms with Gasteiger partial charge in [0.25, 0.3) is 15.9 Å². The highest BCUT2D eigenvalue weighted by Gasteiger charge is 2.40. The summed E-state index contributed by atoms with van der Waals surface area (Å²) in [6.45, 7) is 1.84. The van der Waals surface area contributed by atoms with E-state index in [1.807, 2.05) is 24.4 Å². The minimum atomic E-state index is -3.95. The van der Waals surface area contributed by atoms with E-state index in [0.717, 1.165) is 30.3 Å². The maximum absolute atomic E-state index is 12.9. The molecule has 27 heavy (non-hydrogen) atoms. The van der Waals surface area contributed by atoms with Crippen LogP contribution in [0.4, 0.5) is 5.13 Å². The molecule has 11 heteroatoms. The van der Waals surface area contributed by atoms with Gasteiger partial charge in [-0.25, -0.2) is 13.4 Å². The van der Waals surface area contributed by atoms with Crippen LogP contribution < -0.4 is 5.32 Å². The minimum Gasteiger partial charge on any atom is -0.504 e. The minimum absolute atomic E-state index is 0.00227. The number of thiophene rings is 2. The van der Waals surface area contributed by atoms with Gasteiger partial charge in [0.1, 0.15) is 4.90 Å². The maximum atomic E-state index is 12.9. The molecule has 4 heterocycles. The van der Waals surface area contributed by atoms with Crippen LogP contribution in [0.3, 0.4) is 0 Å². The molecule has 3 aromatic heterocycles. The van der Waals surface area contributed by atoms with Crippen molar-refractivity contribution >= 4 is 60.8 Å². The lowest BCUT2D eigenvalue weighted by Crippen LogP contribution is -2.36. The zero-order chi connectivity index (χ0) is 19.3. The van der Waals surface area contributed by atoms with Gasteiger partial charge in [0.05, 0.1) is 4.88 Å². The van der Waals surface area contributed by atoms with Crippen molar-refractivity contribution in [3.63, 3.8) is 0 Å². The van der Waals surface area contributed by atoms with Gasteiger partial charge < -0.3 is 5.11 Å². The summed E-state index contributed by atoms with van der Waals surface area (Å²) in [4.78, 5) is 19.4. The molecule has 1 aliphatic rings. The summed E-state index contributed by atoms with van der Waals surface area (Å²) in [6.07, 6.45) is 1.60. The predicted molar refractivity (Wildman–Crippen MR) is 108 cm³/mol. The number of rotatable bonds is 3. The second kappa shape index (κ2) is 6.44. The number of carbonyl (C=O) groups excluding carboxylic acids is 1. The highest BCUT2D eigenvalue weighted by atomic mass is 32.2. The van der Waals surface area contributed by atoms with E-state index in [9.17, 15) is 18.3 Å². The fraction of sp³-hybridized carbons (Fsp3) is 0.125. The highest BCUT2D eigenvalue weighted by molar-refractivity contribution is 7.89. The third kappa shape index (κ3) is 2.96. The number of aliphatic hydroxyl groups excluding tert-OH is 1. The molecule has 2 N–H and O–H groups in total. The van der Waals surface area contributed by atoms with Crippen LogP contribution in [0.15, 0.2) is 40.4 Å². The second-order valence-electron chi connectivity index (χ2n) is 5.68. The summed E-state index contributed by atoms with van der Waals surface area (Å²) >= 11 is 3.87. The first kappa shape index (κ1) is 18.2. The molecular formula is C16H13N3O4S4. The average Bonchev–Trinajstić information content (AvgIpc) is 3.33. The summed E-state index contributed by atoms with van der Waals surface area (Å²) in [6, 6.07) is 5.27. The van der Waals surface area contributed by atoms with Crippen LogP contribution in [0, 0.1) is 6.92 Å². The second-order valence-corrected chi connectivity index (χ2v) is 10.9. The van der Waals surface area contributed by atoms with Crippen molar-refractivity contribution in [1.29, 1.82) is 0 Å². The molecule has 140 valence electrons. The van der Waals surface area contributed by atoms with E-state index in [4.69, 9.17) is 0 Å². The molecule has 0 bridgehead atoms. The number of nitrogens with zero attached hydrogens (tertiary/aromatic N) is 2. The van der Waals surface area contributed by atoms with Gasteiger partial charge in [-0.2, -0.15) is 0 Å². The molecule has 3 aromatic rings. The number of likely N-dealkylation sites (N-methyl/N-ethyl adjacent to an activating group) is 1. The van der Waals surface area contributed by atoms with Gasteiger partial charge in [0.2, 0.25) is 0 Å². The SMILES string of the molecule is Cc1cnc(NC(=O)C2=C(O)c3sc(-c4cccs4)cc3S(=O)(=O)N2C)s1. The Kier molecular flexibility index (Phi) is 4.34. The van der Waals surface area contributed by atoms with Crippen LogP contribution in [0.25, 0.3) is 15.5 Å². The summed E-state index contributed by atoms with van der Waals surface area (Å²) in [5.74, 6) is -1.09. The molecule has 0 fully saturated rings. The molecule has 0 aromatic carbocycles. The standard InChI is InChI=1S/C16H13N3O4S4/c1-8-7-17-16(25-8)18-15(21)12-13(20)14-11(27(22,23)19(12)2)6-10(26-14)9-4-3-5-24-9/h3-7,20H,1-2H3,(H,17,18,21). The number of sulfonamides is 1. The van der Waals surface area contributed by atoms with E-state index in [1.165, 1.54) is 35.8 Å². The summed E-state index contributed by atoms with van der Waals surface area (Å²) in [5.41, 5.74) is -0.324. The number of hydrogen-bond acceptors (Lipinski definition) is 8. The molecule has 0 saturated heterocycles. The number of thiazole rings is 1. The van der Waals surface area contributed by atoms with Crippen LogP contribution in [0.1, 0.15) is 9.75 Å². The van der Waals surface area contributed by atoms with Gasteiger partial charge >= 0.3 is 0 Å². The normalized spacial score (nSPS) is 15.7. The Balaban J connectivity index is 1.81. The van der Waals surface area contributed by atoms with Crippen LogP contribution in [-0.4, -0.2) is 35.8 Å². The van der Waals surface area contributed by atoms with E-state index in [2.05, 4.69) is 10.3 Å². The number of amides is 1. The van der Waals surface area contributed by atoms with Crippen LogP contribution in [-0.2, 0) is 14.8 Å². The molecule has 0 radical (unpaired) electrons. The molecule has 0 aliphatic carbocycles. The van der Waals surface area contributed by atoms with Crippen molar-refractivity contribution in [2.24, 2.45) is 0 Å². The summed E-state index contributed by atoms with van der Waals surface area (Å²) in [5, 5.41) is 15.5. The number of carbonyl (C=O) groups is 1. The Morgan fingerprint density at radius 1 is 1.30 bits per heavy atom. The molecule has 4 rings (SSSR count). The topological polar surface area (TPSA) is 99.6 Å². The molecule has 0 spiro atoms. The molecule has 0 saturated carbocycles. The third-order valence-corrected chi connectivity index (χ3v) is 8.86. The smallest absolute Gasteiger partial charge is 0.278 e. The van der Waals surface area contributed by atoms with Gasteiger partial charge in [-0.05, 0) is 24.4 Å². The van der Waals surface area contributed by atoms with E-state index in [-0.39, 0.29) is 21.2 Å². The molecule has 0 atom stereocenters. The molecule has 0 unspecified atom stereocenters. The Morgan fingerprint density at radius 2 is 2.07 bits per heavy atom. The number of aromatic nitrogens is 1.